The second kappa shape index (κ2) is 6.18. The zero-order valence-corrected chi connectivity index (χ0v) is 11.0. The average molecular weight is 253 g/mol. The molecule has 0 bridgehead atoms. The Morgan fingerprint density at radius 1 is 1.44 bits per heavy atom. The molecule has 1 aromatic rings. The molecule has 1 heterocycles. The van der Waals surface area contributed by atoms with Crippen molar-refractivity contribution in [2.45, 2.75) is 33.7 Å². The molecule has 1 N–H and O–H groups in total. The molecule has 0 aliphatic rings. The van der Waals surface area contributed by atoms with Gasteiger partial charge >= 0.3 is 5.97 Å². The third-order valence-corrected chi connectivity index (χ3v) is 2.56. The lowest BCUT2D eigenvalue weighted by Gasteiger charge is -2.20. The normalized spacial score (nSPS) is 10.4. The van der Waals surface area contributed by atoms with Gasteiger partial charge in [0.25, 0.3) is 0 Å². The summed E-state index contributed by atoms with van der Waals surface area (Å²) >= 11 is 0. The van der Waals surface area contributed by atoms with Gasteiger partial charge in [0.1, 0.15) is 13.1 Å². The first-order valence-corrected chi connectivity index (χ1v) is 5.94. The van der Waals surface area contributed by atoms with Gasteiger partial charge in [-0.25, -0.2) is 0 Å². The first-order chi connectivity index (χ1) is 8.43. The molecule has 0 atom stereocenters. The van der Waals surface area contributed by atoms with E-state index in [1.807, 2.05) is 26.8 Å². The molecule has 1 aromatic heterocycles. The maximum Gasteiger partial charge on any atom is 0.323 e. The van der Waals surface area contributed by atoms with Crippen LogP contribution in [0.2, 0.25) is 0 Å². The van der Waals surface area contributed by atoms with E-state index in [9.17, 15) is 9.59 Å². The highest BCUT2D eigenvalue weighted by atomic mass is 16.4. The van der Waals surface area contributed by atoms with Crippen molar-refractivity contribution in [3.05, 3.63) is 17.5 Å². The molecule has 100 valence electrons. The topological polar surface area (TPSA) is 75.4 Å². The predicted molar refractivity (Wildman–Crippen MR) is 66.2 cm³/mol. The Labute approximate surface area is 106 Å². The van der Waals surface area contributed by atoms with E-state index in [-0.39, 0.29) is 19.0 Å². The molecule has 18 heavy (non-hydrogen) atoms. The van der Waals surface area contributed by atoms with Crippen molar-refractivity contribution in [3.8, 4) is 0 Å². The minimum absolute atomic E-state index is 0.0902. The zero-order chi connectivity index (χ0) is 13.7. The van der Waals surface area contributed by atoms with E-state index in [1.54, 1.807) is 4.68 Å². The Hall–Kier alpha value is -1.85. The molecule has 6 heteroatoms. The van der Waals surface area contributed by atoms with Gasteiger partial charge in [-0.3, -0.25) is 14.3 Å². The summed E-state index contributed by atoms with van der Waals surface area (Å²) in [5.74, 6) is -1.21. The first kappa shape index (κ1) is 14.2. The average Bonchev–Trinajstić information content (AvgIpc) is 2.56. The quantitative estimate of drug-likeness (QED) is 0.814. The fourth-order valence-corrected chi connectivity index (χ4v) is 1.79. The van der Waals surface area contributed by atoms with Gasteiger partial charge in [-0.1, -0.05) is 6.92 Å². The highest BCUT2D eigenvalue weighted by Gasteiger charge is 2.17. The number of hydrogen-bond donors (Lipinski definition) is 1. The van der Waals surface area contributed by atoms with Gasteiger partial charge in [-0.05, 0) is 26.3 Å². The van der Waals surface area contributed by atoms with Crippen LogP contribution < -0.4 is 0 Å². The van der Waals surface area contributed by atoms with Crippen LogP contribution in [0.25, 0.3) is 0 Å². The smallest absolute Gasteiger partial charge is 0.323 e. The minimum atomic E-state index is -0.995. The number of amides is 1. The van der Waals surface area contributed by atoms with Crippen LogP contribution in [0.15, 0.2) is 6.07 Å². The van der Waals surface area contributed by atoms with Gasteiger partial charge in [0.05, 0.1) is 5.69 Å². The van der Waals surface area contributed by atoms with Crippen LogP contribution in [-0.4, -0.2) is 44.8 Å². The molecule has 0 unspecified atom stereocenters. The summed E-state index contributed by atoms with van der Waals surface area (Å²) in [6.07, 6.45) is 0.732. The van der Waals surface area contributed by atoms with E-state index < -0.39 is 5.97 Å². The molecule has 0 saturated heterocycles. The van der Waals surface area contributed by atoms with Gasteiger partial charge in [-0.2, -0.15) is 5.10 Å². The Morgan fingerprint density at radius 3 is 2.56 bits per heavy atom. The van der Waals surface area contributed by atoms with E-state index in [4.69, 9.17) is 5.11 Å². The molecule has 0 aliphatic heterocycles. The van der Waals surface area contributed by atoms with Gasteiger partial charge in [0.2, 0.25) is 5.91 Å². The van der Waals surface area contributed by atoms with E-state index in [0.29, 0.717) is 6.54 Å². The summed E-state index contributed by atoms with van der Waals surface area (Å²) in [5, 5.41) is 13.0. The lowest BCUT2D eigenvalue weighted by atomic mass is 10.3. The number of carboxylic acid groups (broad SMARTS) is 1. The number of aryl methyl sites for hydroxylation is 2. The zero-order valence-electron chi connectivity index (χ0n) is 11.0. The molecule has 6 nitrogen and oxygen atoms in total. The van der Waals surface area contributed by atoms with Crippen molar-refractivity contribution in [1.82, 2.24) is 14.7 Å². The van der Waals surface area contributed by atoms with E-state index in [1.165, 1.54) is 4.90 Å². The molecule has 0 aliphatic carbocycles. The predicted octanol–water partition coefficient (Wildman–Crippen LogP) is 0.823. The van der Waals surface area contributed by atoms with Crippen molar-refractivity contribution in [2.24, 2.45) is 0 Å². The Morgan fingerprint density at radius 2 is 2.11 bits per heavy atom. The number of carboxylic acids is 1. The maximum atomic E-state index is 12.0. The highest BCUT2D eigenvalue weighted by molar-refractivity contribution is 5.81. The summed E-state index contributed by atoms with van der Waals surface area (Å²) in [6, 6.07) is 1.88. The summed E-state index contributed by atoms with van der Waals surface area (Å²) in [4.78, 5) is 24.0. The number of rotatable bonds is 6. The molecule has 0 saturated carbocycles. The molecular formula is C12H19N3O3. The van der Waals surface area contributed by atoms with Crippen molar-refractivity contribution >= 4 is 11.9 Å². The summed E-state index contributed by atoms with van der Waals surface area (Å²) in [6.45, 7) is 5.92. The third kappa shape index (κ3) is 3.87. The molecule has 0 radical (unpaired) electrons. The Balaban J connectivity index is 2.71. The van der Waals surface area contributed by atoms with Crippen molar-refractivity contribution < 1.29 is 14.7 Å². The summed E-state index contributed by atoms with van der Waals surface area (Å²) in [7, 11) is 0. The Kier molecular flexibility index (Phi) is 4.88. The van der Waals surface area contributed by atoms with Gasteiger partial charge in [0, 0.05) is 12.2 Å². The number of hydrogen-bond acceptors (Lipinski definition) is 3. The number of aromatic nitrogens is 2. The van der Waals surface area contributed by atoms with Crippen LogP contribution in [0.3, 0.4) is 0 Å². The van der Waals surface area contributed by atoms with Crippen molar-refractivity contribution in [2.75, 3.05) is 13.1 Å². The lowest BCUT2D eigenvalue weighted by Crippen LogP contribution is -2.38. The largest absolute Gasteiger partial charge is 0.480 e. The SMILES string of the molecule is CCCN(CC(=O)O)C(=O)Cn1nc(C)cc1C. The summed E-state index contributed by atoms with van der Waals surface area (Å²) < 4.78 is 1.60. The second-order valence-electron chi connectivity index (χ2n) is 4.29. The van der Waals surface area contributed by atoms with Gasteiger partial charge < -0.3 is 10.0 Å². The monoisotopic (exact) mass is 253 g/mol. The minimum Gasteiger partial charge on any atom is -0.480 e. The first-order valence-electron chi connectivity index (χ1n) is 5.94. The molecule has 0 fully saturated rings. The van der Waals surface area contributed by atoms with E-state index in [0.717, 1.165) is 17.8 Å². The molecule has 1 rings (SSSR count). The molecule has 0 aromatic carbocycles. The number of nitrogens with zero attached hydrogens (tertiary/aromatic N) is 3. The van der Waals surface area contributed by atoms with Crippen LogP contribution >= 0.6 is 0 Å². The van der Waals surface area contributed by atoms with Crippen molar-refractivity contribution in [1.29, 1.82) is 0 Å². The fraction of sp³-hybridized carbons (Fsp3) is 0.583. The van der Waals surface area contributed by atoms with Crippen LogP contribution in [0, 0.1) is 13.8 Å². The van der Waals surface area contributed by atoms with Crippen molar-refractivity contribution in [3.63, 3.8) is 0 Å². The van der Waals surface area contributed by atoms with Crippen LogP contribution in [-0.2, 0) is 16.1 Å². The highest BCUT2D eigenvalue weighted by Crippen LogP contribution is 2.03. The van der Waals surface area contributed by atoms with Gasteiger partial charge in [0.15, 0.2) is 0 Å². The number of carbonyl (C=O) groups excluding carboxylic acids is 1. The van der Waals surface area contributed by atoms with Crippen LogP contribution in [0.4, 0.5) is 0 Å². The fourth-order valence-electron chi connectivity index (χ4n) is 1.79. The number of aliphatic carboxylic acids is 1. The maximum absolute atomic E-state index is 12.0. The van der Waals surface area contributed by atoms with Crippen LogP contribution in [0.5, 0.6) is 0 Å². The standard InChI is InChI=1S/C12H19N3O3/c1-4-5-14(8-12(17)18)11(16)7-15-10(3)6-9(2)13-15/h6H,4-5,7-8H2,1-3H3,(H,17,18). The van der Waals surface area contributed by atoms with E-state index >= 15 is 0 Å². The molecular weight excluding hydrogens is 234 g/mol. The molecule has 1 amide bonds. The van der Waals surface area contributed by atoms with Crippen LogP contribution in [0.1, 0.15) is 24.7 Å². The number of carbonyl (C=O) groups is 2. The Bertz CT molecular complexity index is 440. The second-order valence-corrected chi connectivity index (χ2v) is 4.29. The van der Waals surface area contributed by atoms with Gasteiger partial charge in [-0.15, -0.1) is 0 Å². The lowest BCUT2D eigenvalue weighted by molar-refractivity contribution is -0.144. The summed E-state index contributed by atoms with van der Waals surface area (Å²) in [5.41, 5.74) is 1.74. The third-order valence-electron chi connectivity index (χ3n) is 2.56. The van der Waals surface area contributed by atoms with E-state index in [2.05, 4.69) is 5.10 Å². The molecule has 0 spiro atoms.